The number of hydrogen-bond acceptors (Lipinski definition) is 3. The fraction of sp³-hybridized carbons (Fsp3) is 0.357. The molecule has 6 heteroatoms. The minimum atomic E-state index is 0.577. The van der Waals surface area contributed by atoms with Crippen molar-refractivity contribution in [2.75, 3.05) is 5.88 Å². The molecule has 0 saturated heterocycles. The summed E-state index contributed by atoms with van der Waals surface area (Å²) in [5, 5.41) is 8.03. The molecule has 0 spiro atoms. The summed E-state index contributed by atoms with van der Waals surface area (Å²) < 4.78 is 4.17. The summed E-state index contributed by atoms with van der Waals surface area (Å²) in [5.74, 6) is 2.58. The standard InChI is InChI=1S/C14H16ClN5/c1-19-10-16-18-14(19)7-9-20-12-5-3-2-4-11(12)17-13(20)6-8-15/h2-5,10H,6-9H2,1H3. The molecule has 0 aliphatic rings. The minimum Gasteiger partial charge on any atom is -0.327 e. The number of benzene rings is 1. The van der Waals surface area contributed by atoms with Crippen LogP contribution in [0.4, 0.5) is 0 Å². The van der Waals surface area contributed by atoms with E-state index in [1.807, 2.05) is 29.8 Å². The van der Waals surface area contributed by atoms with Gasteiger partial charge in [0.2, 0.25) is 0 Å². The van der Waals surface area contributed by atoms with E-state index in [2.05, 4.69) is 25.8 Å². The van der Waals surface area contributed by atoms with Gasteiger partial charge in [0.15, 0.2) is 0 Å². The summed E-state index contributed by atoms with van der Waals surface area (Å²) in [4.78, 5) is 4.66. The van der Waals surface area contributed by atoms with Gasteiger partial charge in [0.25, 0.3) is 0 Å². The van der Waals surface area contributed by atoms with Gasteiger partial charge in [-0.25, -0.2) is 4.98 Å². The van der Waals surface area contributed by atoms with Gasteiger partial charge in [-0.05, 0) is 12.1 Å². The van der Waals surface area contributed by atoms with Crippen molar-refractivity contribution in [3.05, 3.63) is 42.2 Å². The van der Waals surface area contributed by atoms with E-state index < -0.39 is 0 Å². The molecule has 0 bridgehead atoms. The zero-order valence-electron chi connectivity index (χ0n) is 11.3. The van der Waals surface area contributed by atoms with Crippen LogP contribution < -0.4 is 0 Å². The van der Waals surface area contributed by atoms with Crippen molar-refractivity contribution >= 4 is 22.6 Å². The topological polar surface area (TPSA) is 48.5 Å². The summed E-state index contributed by atoms with van der Waals surface area (Å²) in [6, 6.07) is 8.17. The van der Waals surface area contributed by atoms with Crippen LogP contribution in [0.2, 0.25) is 0 Å². The van der Waals surface area contributed by atoms with Gasteiger partial charge < -0.3 is 9.13 Å². The van der Waals surface area contributed by atoms with Gasteiger partial charge in [0.1, 0.15) is 18.0 Å². The molecule has 0 saturated carbocycles. The second kappa shape index (κ2) is 5.63. The lowest BCUT2D eigenvalue weighted by Crippen LogP contribution is -2.09. The smallest absolute Gasteiger partial charge is 0.134 e. The number of fused-ring (bicyclic) bond motifs is 1. The quantitative estimate of drug-likeness (QED) is 0.677. The van der Waals surface area contributed by atoms with E-state index in [0.29, 0.717) is 5.88 Å². The average Bonchev–Trinajstić information content (AvgIpc) is 3.01. The van der Waals surface area contributed by atoms with Crippen molar-refractivity contribution in [2.45, 2.75) is 19.4 Å². The van der Waals surface area contributed by atoms with Crippen molar-refractivity contribution in [3.8, 4) is 0 Å². The largest absolute Gasteiger partial charge is 0.327 e. The maximum Gasteiger partial charge on any atom is 0.134 e. The van der Waals surface area contributed by atoms with Crippen LogP contribution in [0.5, 0.6) is 0 Å². The number of halogens is 1. The van der Waals surface area contributed by atoms with Crippen LogP contribution in [-0.4, -0.2) is 30.2 Å². The Morgan fingerprint density at radius 1 is 1.15 bits per heavy atom. The zero-order valence-corrected chi connectivity index (χ0v) is 12.1. The summed E-state index contributed by atoms with van der Waals surface area (Å²) in [5.41, 5.74) is 2.17. The molecule has 3 aromatic rings. The van der Waals surface area contributed by atoms with E-state index in [0.717, 1.165) is 42.1 Å². The van der Waals surface area contributed by atoms with E-state index in [4.69, 9.17) is 11.6 Å². The van der Waals surface area contributed by atoms with Crippen LogP contribution in [0.1, 0.15) is 11.6 Å². The molecule has 2 heterocycles. The average molecular weight is 290 g/mol. The first kappa shape index (κ1) is 13.1. The fourth-order valence-corrected chi connectivity index (χ4v) is 2.56. The Hall–Kier alpha value is -1.88. The van der Waals surface area contributed by atoms with Gasteiger partial charge in [-0.1, -0.05) is 12.1 Å². The molecule has 1 aromatic carbocycles. The first-order chi connectivity index (χ1) is 9.79. The van der Waals surface area contributed by atoms with Crippen LogP contribution >= 0.6 is 11.6 Å². The van der Waals surface area contributed by atoms with E-state index in [1.165, 1.54) is 0 Å². The van der Waals surface area contributed by atoms with Crippen molar-refractivity contribution in [1.29, 1.82) is 0 Å². The normalized spacial score (nSPS) is 11.3. The third-order valence-electron chi connectivity index (χ3n) is 3.42. The van der Waals surface area contributed by atoms with Crippen molar-refractivity contribution in [1.82, 2.24) is 24.3 Å². The molecule has 5 nitrogen and oxygen atoms in total. The van der Waals surface area contributed by atoms with Crippen LogP contribution in [0, 0.1) is 0 Å². The van der Waals surface area contributed by atoms with Crippen molar-refractivity contribution in [3.63, 3.8) is 0 Å². The van der Waals surface area contributed by atoms with Crippen LogP contribution in [-0.2, 0) is 26.4 Å². The first-order valence-electron chi connectivity index (χ1n) is 6.62. The molecule has 0 aliphatic heterocycles. The number of aromatic nitrogens is 5. The van der Waals surface area contributed by atoms with Crippen molar-refractivity contribution in [2.24, 2.45) is 7.05 Å². The highest BCUT2D eigenvalue weighted by atomic mass is 35.5. The number of rotatable bonds is 5. The maximum absolute atomic E-state index is 5.88. The van der Waals surface area contributed by atoms with Gasteiger partial charge in [0.05, 0.1) is 11.0 Å². The molecule has 3 rings (SSSR count). The van der Waals surface area contributed by atoms with Crippen LogP contribution in [0.25, 0.3) is 11.0 Å². The number of aryl methyl sites for hydroxylation is 4. The Morgan fingerprint density at radius 3 is 2.75 bits per heavy atom. The lowest BCUT2D eigenvalue weighted by molar-refractivity contribution is 0.637. The lowest BCUT2D eigenvalue weighted by atomic mass is 10.3. The zero-order chi connectivity index (χ0) is 13.9. The lowest BCUT2D eigenvalue weighted by Gasteiger charge is -2.08. The molecule has 104 valence electrons. The molecule has 0 aliphatic carbocycles. The molecule has 0 fully saturated rings. The number of nitrogens with zero attached hydrogens (tertiary/aromatic N) is 5. The van der Waals surface area contributed by atoms with Crippen molar-refractivity contribution < 1.29 is 0 Å². The Labute approximate surface area is 122 Å². The minimum absolute atomic E-state index is 0.577. The molecule has 2 aromatic heterocycles. The van der Waals surface area contributed by atoms with Gasteiger partial charge in [-0.15, -0.1) is 21.8 Å². The highest BCUT2D eigenvalue weighted by molar-refractivity contribution is 6.17. The van der Waals surface area contributed by atoms with E-state index >= 15 is 0 Å². The summed E-state index contributed by atoms with van der Waals surface area (Å²) in [7, 11) is 1.96. The second-order valence-electron chi connectivity index (χ2n) is 4.72. The highest BCUT2D eigenvalue weighted by Gasteiger charge is 2.11. The number of alkyl halides is 1. The first-order valence-corrected chi connectivity index (χ1v) is 7.16. The molecular formula is C14H16ClN5. The molecule has 20 heavy (non-hydrogen) atoms. The number of imidazole rings is 1. The Morgan fingerprint density at radius 2 is 2.00 bits per heavy atom. The summed E-state index contributed by atoms with van der Waals surface area (Å²) >= 11 is 5.88. The number of hydrogen-bond donors (Lipinski definition) is 0. The molecule has 0 unspecified atom stereocenters. The van der Waals surface area contributed by atoms with Crippen LogP contribution in [0.3, 0.4) is 0 Å². The Kier molecular flexibility index (Phi) is 3.69. The highest BCUT2D eigenvalue weighted by Crippen LogP contribution is 2.17. The predicted octanol–water partition coefficient (Wildman–Crippen LogP) is 2.19. The van der Waals surface area contributed by atoms with Crippen LogP contribution in [0.15, 0.2) is 30.6 Å². The molecule has 0 atom stereocenters. The second-order valence-corrected chi connectivity index (χ2v) is 5.09. The SMILES string of the molecule is Cn1cnnc1CCn1c(CCCl)nc2ccccc21. The van der Waals surface area contributed by atoms with Gasteiger partial charge >= 0.3 is 0 Å². The maximum atomic E-state index is 5.88. The van der Waals surface area contributed by atoms with E-state index in [-0.39, 0.29) is 0 Å². The van der Waals surface area contributed by atoms with Gasteiger partial charge in [-0.3, -0.25) is 0 Å². The Bertz CT molecular complexity index is 715. The molecule has 0 radical (unpaired) electrons. The fourth-order valence-electron chi connectivity index (χ4n) is 2.40. The number of para-hydroxylation sites is 2. The van der Waals surface area contributed by atoms with Gasteiger partial charge in [0, 0.05) is 32.3 Å². The molecule has 0 amide bonds. The van der Waals surface area contributed by atoms with E-state index in [1.54, 1.807) is 6.33 Å². The monoisotopic (exact) mass is 289 g/mol. The molecular weight excluding hydrogens is 274 g/mol. The van der Waals surface area contributed by atoms with Gasteiger partial charge in [-0.2, -0.15) is 0 Å². The third kappa shape index (κ3) is 2.41. The summed E-state index contributed by atoms with van der Waals surface area (Å²) in [6.45, 7) is 0.833. The molecule has 0 N–H and O–H groups in total. The summed E-state index contributed by atoms with van der Waals surface area (Å²) in [6.07, 6.45) is 3.32. The Balaban J connectivity index is 1.92. The predicted molar refractivity (Wildman–Crippen MR) is 78.9 cm³/mol. The third-order valence-corrected chi connectivity index (χ3v) is 3.60. The van der Waals surface area contributed by atoms with E-state index in [9.17, 15) is 0 Å².